The molecule has 0 saturated carbocycles. The standard InChI is InChI=1S/C25H31N5O3.HI/c1-29(2)24(32)17-27-25(28-21-13-15-33-22-7-4-3-6-20(21)22)26-16-18-9-11-19(12-10-18)30-14-5-8-23(30)31;/h3-4,6-7,9-12,21H,5,8,13-17H2,1-2H3,(H2,26,27,28);1H. The second-order valence-corrected chi connectivity index (χ2v) is 8.49. The number of para-hydroxylation sites is 1. The van der Waals surface area contributed by atoms with E-state index in [4.69, 9.17) is 9.73 Å². The Kier molecular flexibility index (Phi) is 9.14. The minimum atomic E-state index is -0.0310. The van der Waals surface area contributed by atoms with Crippen LogP contribution in [0.4, 0.5) is 5.69 Å². The van der Waals surface area contributed by atoms with Gasteiger partial charge in [-0.05, 0) is 30.2 Å². The molecule has 2 aliphatic heterocycles. The van der Waals surface area contributed by atoms with Crippen molar-refractivity contribution in [1.82, 2.24) is 15.5 Å². The molecule has 1 saturated heterocycles. The zero-order chi connectivity index (χ0) is 23.2. The zero-order valence-corrected chi connectivity index (χ0v) is 22.0. The normalized spacial score (nSPS) is 17.4. The Hall–Kier alpha value is -2.82. The third kappa shape index (κ3) is 6.40. The maximum Gasteiger partial charge on any atom is 0.241 e. The molecular weight excluding hydrogens is 545 g/mol. The molecule has 2 aliphatic rings. The van der Waals surface area contributed by atoms with Crippen molar-refractivity contribution in [3.05, 3.63) is 59.7 Å². The number of rotatable bonds is 6. The summed E-state index contributed by atoms with van der Waals surface area (Å²) in [6, 6.07) is 16.0. The van der Waals surface area contributed by atoms with E-state index >= 15 is 0 Å². The van der Waals surface area contributed by atoms with Gasteiger partial charge in [-0.2, -0.15) is 0 Å². The third-order valence-corrected chi connectivity index (χ3v) is 5.92. The summed E-state index contributed by atoms with van der Waals surface area (Å²) in [5, 5.41) is 6.64. The quantitative estimate of drug-likeness (QED) is 0.313. The molecule has 0 aromatic heterocycles. The Bertz CT molecular complexity index is 1030. The van der Waals surface area contributed by atoms with E-state index in [1.165, 1.54) is 0 Å². The summed E-state index contributed by atoms with van der Waals surface area (Å²) in [5.41, 5.74) is 3.03. The van der Waals surface area contributed by atoms with Crippen LogP contribution >= 0.6 is 24.0 Å². The average molecular weight is 577 g/mol. The molecule has 1 atom stereocenters. The topological polar surface area (TPSA) is 86.3 Å². The monoisotopic (exact) mass is 577 g/mol. The summed E-state index contributed by atoms with van der Waals surface area (Å²) in [7, 11) is 3.46. The summed E-state index contributed by atoms with van der Waals surface area (Å²) in [4.78, 5) is 32.2. The first-order valence-electron chi connectivity index (χ1n) is 11.4. The number of hydrogen-bond donors (Lipinski definition) is 2. The van der Waals surface area contributed by atoms with E-state index in [0.29, 0.717) is 25.5 Å². The molecule has 2 aromatic carbocycles. The van der Waals surface area contributed by atoms with E-state index in [1.54, 1.807) is 19.0 Å². The lowest BCUT2D eigenvalue weighted by molar-refractivity contribution is -0.127. The lowest BCUT2D eigenvalue weighted by Gasteiger charge is -2.28. The highest BCUT2D eigenvalue weighted by Crippen LogP contribution is 2.31. The number of guanidine groups is 1. The summed E-state index contributed by atoms with van der Waals surface area (Å²) in [6.07, 6.45) is 2.33. The molecule has 2 N–H and O–H groups in total. The molecule has 8 nitrogen and oxygen atoms in total. The number of carbonyl (C=O) groups is 2. The van der Waals surface area contributed by atoms with Gasteiger partial charge in [0.05, 0.1) is 25.7 Å². The van der Waals surface area contributed by atoms with Crippen LogP contribution in [0.2, 0.25) is 0 Å². The van der Waals surface area contributed by atoms with Gasteiger partial charge in [-0.15, -0.1) is 24.0 Å². The largest absolute Gasteiger partial charge is 0.493 e. The highest BCUT2D eigenvalue weighted by Gasteiger charge is 2.23. The van der Waals surface area contributed by atoms with Gasteiger partial charge in [0.25, 0.3) is 0 Å². The van der Waals surface area contributed by atoms with E-state index < -0.39 is 0 Å². The van der Waals surface area contributed by atoms with Gasteiger partial charge in [0, 0.05) is 44.7 Å². The Morgan fingerprint density at radius 3 is 2.65 bits per heavy atom. The van der Waals surface area contributed by atoms with Crippen molar-refractivity contribution in [1.29, 1.82) is 0 Å². The number of amides is 2. The van der Waals surface area contributed by atoms with Crippen LogP contribution in [0.3, 0.4) is 0 Å². The van der Waals surface area contributed by atoms with Crippen molar-refractivity contribution in [2.75, 3.05) is 38.7 Å². The van der Waals surface area contributed by atoms with Gasteiger partial charge >= 0.3 is 0 Å². The number of aliphatic imine (C=N–C) groups is 1. The summed E-state index contributed by atoms with van der Waals surface area (Å²) in [5.74, 6) is 1.60. The van der Waals surface area contributed by atoms with Gasteiger partial charge in [-0.3, -0.25) is 9.59 Å². The number of benzene rings is 2. The van der Waals surface area contributed by atoms with Crippen LogP contribution in [0.5, 0.6) is 5.75 Å². The summed E-state index contributed by atoms with van der Waals surface area (Å²) >= 11 is 0. The Labute approximate surface area is 217 Å². The molecule has 34 heavy (non-hydrogen) atoms. The van der Waals surface area contributed by atoms with Crippen molar-refractivity contribution < 1.29 is 14.3 Å². The fraction of sp³-hybridized carbons (Fsp3) is 0.400. The van der Waals surface area contributed by atoms with Gasteiger partial charge in [0.2, 0.25) is 11.8 Å². The average Bonchev–Trinajstić information content (AvgIpc) is 3.26. The second kappa shape index (κ2) is 12.0. The van der Waals surface area contributed by atoms with Crippen LogP contribution < -0.4 is 20.3 Å². The van der Waals surface area contributed by atoms with E-state index in [2.05, 4.69) is 10.6 Å². The van der Waals surface area contributed by atoms with Gasteiger partial charge in [-0.25, -0.2) is 4.99 Å². The van der Waals surface area contributed by atoms with Crippen molar-refractivity contribution in [3.8, 4) is 5.75 Å². The number of likely N-dealkylation sites (N-methyl/N-ethyl adjacent to an activating group) is 1. The van der Waals surface area contributed by atoms with E-state index in [-0.39, 0.29) is 48.4 Å². The number of halogens is 1. The van der Waals surface area contributed by atoms with E-state index in [1.807, 2.05) is 53.4 Å². The Balaban J connectivity index is 0.00000324. The third-order valence-electron chi connectivity index (χ3n) is 5.92. The first-order chi connectivity index (χ1) is 16.0. The highest BCUT2D eigenvalue weighted by molar-refractivity contribution is 14.0. The van der Waals surface area contributed by atoms with Crippen LogP contribution in [0.25, 0.3) is 0 Å². The lowest BCUT2D eigenvalue weighted by Crippen LogP contribution is -2.45. The van der Waals surface area contributed by atoms with E-state index in [0.717, 1.165) is 42.0 Å². The van der Waals surface area contributed by atoms with Crippen LogP contribution in [-0.2, 0) is 16.1 Å². The molecule has 1 unspecified atom stereocenters. The predicted molar refractivity (Wildman–Crippen MR) is 144 cm³/mol. The molecule has 0 aliphatic carbocycles. The molecule has 182 valence electrons. The van der Waals surface area contributed by atoms with E-state index in [9.17, 15) is 9.59 Å². The molecule has 2 amide bonds. The first-order valence-corrected chi connectivity index (χ1v) is 11.4. The molecule has 2 aromatic rings. The number of anilines is 1. The Morgan fingerprint density at radius 2 is 1.94 bits per heavy atom. The molecule has 0 spiro atoms. The first kappa shape index (κ1) is 25.8. The fourth-order valence-corrected chi connectivity index (χ4v) is 4.00. The number of nitrogens with zero attached hydrogens (tertiary/aromatic N) is 3. The Morgan fingerprint density at radius 1 is 1.18 bits per heavy atom. The molecule has 4 rings (SSSR count). The van der Waals surface area contributed by atoms with Crippen molar-refractivity contribution >= 4 is 47.4 Å². The summed E-state index contributed by atoms with van der Waals surface area (Å²) < 4.78 is 5.77. The van der Waals surface area contributed by atoms with Gasteiger partial charge < -0.3 is 25.2 Å². The zero-order valence-electron chi connectivity index (χ0n) is 19.6. The number of hydrogen-bond acceptors (Lipinski definition) is 4. The second-order valence-electron chi connectivity index (χ2n) is 8.49. The summed E-state index contributed by atoms with van der Waals surface area (Å²) in [6.45, 7) is 2.00. The molecule has 2 heterocycles. The number of ether oxygens (including phenoxy) is 1. The van der Waals surface area contributed by atoms with Gasteiger partial charge in [-0.1, -0.05) is 30.3 Å². The maximum absolute atomic E-state index is 12.1. The molecule has 0 bridgehead atoms. The van der Waals surface area contributed by atoms with Crippen molar-refractivity contribution in [2.24, 2.45) is 4.99 Å². The van der Waals surface area contributed by atoms with Crippen molar-refractivity contribution in [3.63, 3.8) is 0 Å². The van der Waals surface area contributed by atoms with Crippen LogP contribution in [0, 0.1) is 0 Å². The number of fused-ring (bicyclic) bond motifs is 1. The minimum Gasteiger partial charge on any atom is -0.493 e. The van der Waals surface area contributed by atoms with Gasteiger partial charge in [0.15, 0.2) is 5.96 Å². The predicted octanol–water partition coefficient (Wildman–Crippen LogP) is 3.08. The molecule has 9 heteroatoms. The van der Waals surface area contributed by atoms with Crippen LogP contribution in [0.15, 0.2) is 53.5 Å². The highest BCUT2D eigenvalue weighted by atomic mass is 127. The number of carbonyl (C=O) groups excluding carboxylic acids is 2. The minimum absolute atomic E-state index is 0. The number of nitrogens with one attached hydrogen (secondary N) is 2. The lowest BCUT2D eigenvalue weighted by atomic mass is 10.0. The molecule has 0 radical (unpaired) electrons. The van der Waals surface area contributed by atoms with Crippen LogP contribution in [-0.4, -0.2) is 56.5 Å². The molecule has 1 fully saturated rings. The van der Waals surface area contributed by atoms with Gasteiger partial charge in [0.1, 0.15) is 5.75 Å². The maximum atomic E-state index is 12.1. The SMILES string of the molecule is CN(C)C(=O)CNC(=NCc1ccc(N2CCCC2=O)cc1)NC1CCOc2ccccc21.I. The fourth-order valence-electron chi connectivity index (χ4n) is 4.00. The molecular formula is C25H32IN5O3. The van der Waals surface area contributed by atoms with Crippen LogP contribution in [0.1, 0.15) is 36.4 Å². The van der Waals surface area contributed by atoms with Crippen molar-refractivity contribution in [2.45, 2.75) is 31.8 Å². The smallest absolute Gasteiger partial charge is 0.241 e.